The lowest BCUT2D eigenvalue weighted by molar-refractivity contribution is 0.0103. The SMILES string of the molecule is N#CC1(C#N)OC(C#N)(C#N)C2C=CC=CC21. The smallest absolute Gasteiger partial charge is 0.250 e. The molecule has 1 saturated heterocycles. The molecule has 5 heteroatoms. The topological polar surface area (TPSA) is 104 Å². The van der Waals surface area contributed by atoms with Gasteiger partial charge in [0.05, 0.1) is 0 Å². The summed E-state index contributed by atoms with van der Waals surface area (Å²) in [6.45, 7) is 0. The van der Waals surface area contributed by atoms with E-state index in [1.54, 1.807) is 48.6 Å². The molecule has 0 aromatic heterocycles. The van der Waals surface area contributed by atoms with Gasteiger partial charge >= 0.3 is 0 Å². The number of nitriles is 4. The van der Waals surface area contributed by atoms with Crippen LogP contribution in [0.4, 0.5) is 0 Å². The Kier molecular flexibility index (Phi) is 2.22. The van der Waals surface area contributed by atoms with Gasteiger partial charge in [-0.25, -0.2) is 0 Å². The fourth-order valence-corrected chi connectivity index (χ4v) is 2.21. The van der Waals surface area contributed by atoms with Gasteiger partial charge in [0.25, 0.3) is 0 Å². The summed E-state index contributed by atoms with van der Waals surface area (Å²) in [7, 11) is 0. The van der Waals surface area contributed by atoms with Crippen molar-refractivity contribution in [3.05, 3.63) is 24.3 Å². The van der Waals surface area contributed by atoms with Crippen LogP contribution in [-0.4, -0.2) is 11.2 Å². The average Bonchev–Trinajstić information content (AvgIpc) is 2.71. The first-order chi connectivity index (χ1) is 8.18. The minimum Gasteiger partial charge on any atom is -0.312 e. The van der Waals surface area contributed by atoms with E-state index in [0.717, 1.165) is 0 Å². The molecule has 1 aliphatic carbocycles. The highest BCUT2D eigenvalue weighted by atomic mass is 16.5. The standard InChI is InChI=1S/C12H6N4O/c13-5-11(6-14)9-3-1-2-4-10(9)12(7-15,8-16)17-11/h1-4,9-10H. The Labute approximate surface area is 98.0 Å². The lowest BCUT2D eigenvalue weighted by atomic mass is 9.74. The van der Waals surface area contributed by atoms with E-state index >= 15 is 0 Å². The molecule has 0 aromatic carbocycles. The number of rotatable bonds is 0. The predicted molar refractivity (Wildman–Crippen MR) is 54.3 cm³/mol. The van der Waals surface area contributed by atoms with Crippen molar-refractivity contribution in [1.29, 1.82) is 21.0 Å². The summed E-state index contributed by atoms with van der Waals surface area (Å²) >= 11 is 0. The van der Waals surface area contributed by atoms with Gasteiger partial charge in [0.15, 0.2) is 0 Å². The van der Waals surface area contributed by atoms with Crippen LogP contribution in [0.15, 0.2) is 24.3 Å². The van der Waals surface area contributed by atoms with E-state index in [9.17, 15) is 0 Å². The fraction of sp³-hybridized carbons (Fsp3) is 0.333. The van der Waals surface area contributed by atoms with Crippen LogP contribution < -0.4 is 0 Å². The predicted octanol–water partition coefficient (Wildman–Crippen LogP) is 0.947. The van der Waals surface area contributed by atoms with Crippen LogP contribution in [0.25, 0.3) is 0 Å². The summed E-state index contributed by atoms with van der Waals surface area (Å²) in [6.07, 6.45) is 6.62. The molecule has 2 rings (SSSR count). The molecule has 0 spiro atoms. The van der Waals surface area contributed by atoms with Gasteiger partial charge in [-0.3, -0.25) is 0 Å². The quantitative estimate of drug-likeness (QED) is 0.606. The normalized spacial score (nSPS) is 30.4. The van der Waals surface area contributed by atoms with Gasteiger partial charge in [0.1, 0.15) is 24.3 Å². The molecule has 2 unspecified atom stereocenters. The van der Waals surface area contributed by atoms with Crippen molar-refractivity contribution in [3.8, 4) is 24.3 Å². The Morgan fingerprint density at radius 1 is 0.765 bits per heavy atom. The second-order valence-corrected chi connectivity index (χ2v) is 3.84. The minimum atomic E-state index is -1.77. The number of ether oxygens (including phenoxy) is 1. The van der Waals surface area contributed by atoms with Crippen LogP contribution in [0.1, 0.15) is 0 Å². The highest BCUT2D eigenvalue weighted by molar-refractivity contribution is 5.42. The van der Waals surface area contributed by atoms with Gasteiger partial charge in [0, 0.05) is 11.8 Å². The monoisotopic (exact) mass is 222 g/mol. The molecule has 80 valence electrons. The Bertz CT molecular complexity index is 496. The second kappa shape index (κ2) is 3.46. The van der Waals surface area contributed by atoms with Crippen LogP contribution in [0, 0.1) is 57.2 Å². The number of fused-ring (bicyclic) bond motifs is 1. The lowest BCUT2D eigenvalue weighted by Gasteiger charge is -2.20. The highest BCUT2D eigenvalue weighted by Gasteiger charge is 2.63. The molecule has 1 heterocycles. The van der Waals surface area contributed by atoms with Crippen LogP contribution in [0.3, 0.4) is 0 Å². The number of hydrogen-bond acceptors (Lipinski definition) is 5. The molecule has 0 amide bonds. The maximum absolute atomic E-state index is 9.10. The van der Waals surface area contributed by atoms with Gasteiger partial charge in [-0.05, 0) is 0 Å². The molecule has 0 radical (unpaired) electrons. The first-order valence-electron chi connectivity index (χ1n) is 4.88. The third-order valence-electron chi connectivity index (χ3n) is 3.06. The van der Waals surface area contributed by atoms with Crippen molar-refractivity contribution in [1.82, 2.24) is 0 Å². The van der Waals surface area contributed by atoms with Gasteiger partial charge < -0.3 is 4.74 Å². The zero-order chi connectivity index (χ0) is 12.5. The van der Waals surface area contributed by atoms with Crippen LogP contribution in [-0.2, 0) is 4.74 Å². The van der Waals surface area contributed by atoms with E-state index < -0.39 is 23.0 Å². The fourth-order valence-electron chi connectivity index (χ4n) is 2.21. The summed E-state index contributed by atoms with van der Waals surface area (Å²) in [4.78, 5) is 0. The van der Waals surface area contributed by atoms with E-state index in [4.69, 9.17) is 25.8 Å². The average molecular weight is 222 g/mol. The van der Waals surface area contributed by atoms with E-state index in [2.05, 4.69) is 0 Å². The third kappa shape index (κ3) is 1.18. The van der Waals surface area contributed by atoms with Gasteiger partial charge in [-0.2, -0.15) is 21.0 Å². The first kappa shape index (κ1) is 10.9. The molecule has 0 N–H and O–H groups in total. The summed E-state index contributed by atoms with van der Waals surface area (Å²) in [5.41, 5.74) is -3.53. The molecule has 0 bridgehead atoms. The number of nitrogens with zero attached hydrogens (tertiary/aromatic N) is 4. The minimum absolute atomic E-state index is 0.596. The maximum Gasteiger partial charge on any atom is 0.250 e. The molecule has 0 saturated carbocycles. The van der Waals surface area contributed by atoms with Crippen molar-refractivity contribution in [3.63, 3.8) is 0 Å². The Morgan fingerprint density at radius 3 is 1.41 bits per heavy atom. The third-order valence-corrected chi connectivity index (χ3v) is 3.06. The molecule has 0 aromatic rings. The summed E-state index contributed by atoms with van der Waals surface area (Å²) in [5.74, 6) is -1.19. The Morgan fingerprint density at radius 2 is 1.12 bits per heavy atom. The molecule has 2 atom stereocenters. The molecule has 17 heavy (non-hydrogen) atoms. The van der Waals surface area contributed by atoms with E-state index in [1.807, 2.05) is 0 Å². The van der Waals surface area contributed by atoms with Gasteiger partial charge in [-0.15, -0.1) is 0 Å². The van der Waals surface area contributed by atoms with Crippen LogP contribution in [0.5, 0.6) is 0 Å². The van der Waals surface area contributed by atoms with Gasteiger partial charge in [-0.1, -0.05) is 24.3 Å². The highest BCUT2D eigenvalue weighted by Crippen LogP contribution is 2.48. The zero-order valence-corrected chi connectivity index (χ0v) is 8.66. The van der Waals surface area contributed by atoms with Crippen LogP contribution >= 0.6 is 0 Å². The zero-order valence-electron chi connectivity index (χ0n) is 8.66. The Hall–Kier alpha value is -2.60. The number of hydrogen-bond donors (Lipinski definition) is 0. The lowest BCUT2D eigenvalue weighted by Crippen LogP contribution is -2.34. The van der Waals surface area contributed by atoms with Crippen molar-refractivity contribution < 1.29 is 4.74 Å². The van der Waals surface area contributed by atoms with Crippen molar-refractivity contribution in [2.75, 3.05) is 0 Å². The Balaban J connectivity index is 2.62. The van der Waals surface area contributed by atoms with Crippen LogP contribution in [0.2, 0.25) is 0 Å². The molecular formula is C12H6N4O. The van der Waals surface area contributed by atoms with Crippen molar-refractivity contribution in [2.45, 2.75) is 11.2 Å². The van der Waals surface area contributed by atoms with E-state index in [0.29, 0.717) is 0 Å². The largest absolute Gasteiger partial charge is 0.312 e. The molecule has 2 aliphatic rings. The number of allylic oxidation sites excluding steroid dienone is 2. The second-order valence-electron chi connectivity index (χ2n) is 3.84. The molecule has 1 aliphatic heterocycles. The summed E-state index contributed by atoms with van der Waals surface area (Å²) < 4.78 is 5.23. The summed E-state index contributed by atoms with van der Waals surface area (Å²) in [5, 5.41) is 36.4. The van der Waals surface area contributed by atoms with E-state index in [-0.39, 0.29) is 0 Å². The molecule has 5 nitrogen and oxygen atoms in total. The first-order valence-corrected chi connectivity index (χ1v) is 4.88. The van der Waals surface area contributed by atoms with Crippen molar-refractivity contribution >= 4 is 0 Å². The summed E-state index contributed by atoms with van der Waals surface area (Å²) in [6, 6.07) is 7.12. The van der Waals surface area contributed by atoms with E-state index in [1.165, 1.54) is 0 Å². The maximum atomic E-state index is 9.10. The van der Waals surface area contributed by atoms with Gasteiger partial charge in [0.2, 0.25) is 11.2 Å². The molecular weight excluding hydrogens is 216 g/mol. The van der Waals surface area contributed by atoms with Crippen molar-refractivity contribution in [2.24, 2.45) is 11.8 Å². The molecule has 1 fully saturated rings.